The molecule has 4 heteroatoms. The largest absolute Gasteiger partial charge is 0.323 e. The highest BCUT2D eigenvalue weighted by molar-refractivity contribution is 7.97. The van der Waals surface area contributed by atoms with Crippen LogP contribution in [0.5, 0.6) is 0 Å². The lowest BCUT2D eigenvalue weighted by Crippen LogP contribution is -2.05. The van der Waals surface area contributed by atoms with E-state index in [4.69, 9.17) is 5.73 Å². The van der Waals surface area contributed by atoms with Gasteiger partial charge in [0.05, 0.1) is 5.69 Å². The predicted molar refractivity (Wildman–Crippen MR) is 65.9 cm³/mol. The molecule has 0 aliphatic rings. The van der Waals surface area contributed by atoms with Gasteiger partial charge >= 0.3 is 0 Å². The van der Waals surface area contributed by atoms with Crippen molar-refractivity contribution in [3.05, 3.63) is 15.6 Å². The minimum Gasteiger partial charge on any atom is -0.323 e. The molecule has 80 valence electrons. The van der Waals surface area contributed by atoms with Gasteiger partial charge in [0, 0.05) is 16.7 Å². The van der Waals surface area contributed by atoms with Gasteiger partial charge in [-0.3, -0.25) is 0 Å². The van der Waals surface area contributed by atoms with E-state index >= 15 is 0 Å². The molecule has 0 bridgehead atoms. The molecule has 2 N–H and O–H groups in total. The highest BCUT2D eigenvalue weighted by Gasteiger charge is 2.13. The molecule has 0 aliphatic carbocycles. The van der Waals surface area contributed by atoms with Crippen LogP contribution in [0.2, 0.25) is 0 Å². The van der Waals surface area contributed by atoms with Gasteiger partial charge < -0.3 is 5.73 Å². The number of thiazole rings is 1. The number of thioether (sulfide) groups is 1. The second kappa shape index (κ2) is 5.73. The van der Waals surface area contributed by atoms with Gasteiger partial charge in [-0.25, -0.2) is 4.98 Å². The summed E-state index contributed by atoms with van der Waals surface area (Å²) in [7, 11) is 0. The minimum absolute atomic E-state index is 0.129. The second-order valence-electron chi connectivity index (χ2n) is 3.39. The van der Waals surface area contributed by atoms with Crippen molar-refractivity contribution in [2.75, 3.05) is 6.26 Å². The molecule has 0 aromatic carbocycles. The van der Waals surface area contributed by atoms with Gasteiger partial charge in [0.25, 0.3) is 0 Å². The Balaban J connectivity index is 2.87. The monoisotopic (exact) mass is 230 g/mol. The van der Waals surface area contributed by atoms with Crippen molar-refractivity contribution in [1.82, 2.24) is 4.98 Å². The van der Waals surface area contributed by atoms with E-state index in [1.54, 1.807) is 11.3 Å². The molecule has 1 unspecified atom stereocenters. The fourth-order valence-electron chi connectivity index (χ4n) is 1.37. The van der Waals surface area contributed by atoms with Crippen molar-refractivity contribution in [2.24, 2.45) is 5.73 Å². The van der Waals surface area contributed by atoms with E-state index in [2.05, 4.69) is 18.2 Å². The van der Waals surface area contributed by atoms with Crippen LogP contribution in [-0.2, 0) is 12.2 Å². The predicted octanol–water partition coefficient (Wildman–Crippen LogP) is 2.98. The first kappa shape index (κ1) is 12.0. The molecule has 0 saturated carbocycles. The van der Waals surface area contributed by atoms with Gasteiger partial charge in [-0.1, -0.05) is 13.3 Å². The van der Waals surface area contributed by atoms with Crippen molar-refractivity contribution in [3.8, 4) is 0 Å². The summed E-state index contributed by atoms with van der Waals surface area (Å²) < 4.78 is 0. The zero-order chi connectivity index (χ0) is 10.6. The summed E-state index contributed by atoms with van der Waals surface area (Å²) in [5.74, 6) is 1.01. The Morgan fingerprint density at radius 3 is 2.79 bits per heavy atom. The van der Waals surface area contributed by atoms with Crippen LogP contribution in [0.1, 0.15) is 41.9 Å². The van der Waals surface area contributed by atoms with Crippen LogP contribution in [-0.4, -0.2) is 11.2 Å². The number of aryl methyl sites for hydroxylation is 1. The minimum atomic E-state index is 0.129. The Hall–Kier alpha value is -0.0600. The molecule has 14 heavy (non-hydrogen) atoms. The molecule has 1 rings (SSSR count). The van der Waals surface area contributed by atoms with Crippen LogP contribution in [0.15, 0.2) is 0 Å². The maximum atomic E-state index is 5.92. The van der Waals surface area contributed by atoms with Crippen molar-refractivity contribution in [3.63, 3.8) is 0 Å². The summed E-state index contributed by atoms with van der Waals surface area (Å²) in [6.07, 6.45) is 4.30. The Morgan fingerprint density at radius 1 is 1.57 bits per heavy atom. The maximum absolute atomic E-state index is 5.92. The molecule has 0 spiro atoms. The van der Waals surface area contributed by atoms with Gasteiger partial charge in [0.1, 0.15) is 5.01 Å². The molecular formula is C10H18N2S2. The lowest BCUT2D eigenvalue weighted by Gasteiger charge is -2.03. The summed E-state index contributed by atoms with van der Waals surface area (Å²) in [5, 5.41) is 1.22. The summed E-state index contributed by atoms with van der Waals surface area (Å²) in [6, 6.07) is 0.129. The van der Waals surface area contributed by atoms with E-state index in [-0.39, 0.29) is 6.04 Å². The number of hydrogen-bond acceptors (Lipinski definition) is 4. The first-order valence-electron chi connectivity index (χ1n) is 4.92. The Kier molecular flexibility index (Phi) is 4.92. The second-order valence-corrected chi connectivity index (χ2v) is 5.37. The Morgan fingerprint density at radius 2 is 2.29 bits per heavy atom. The molecule has 0 saturated heterocycles. The maximum Gasteiger partial charge on any atom is 0.103 e. The van der Waals surface area contributed by atoms with Crippen molar-refractivity contribution < 1.29 is 0 Å². The summed E-state index contributed by atoms with van der Waals surface area (Å²) in [6.45, 7) is 4.22. The standard InChI is InChI=1S/C10H18N2S2/c1-4-5-8-10(7(2)11)14-9(12-8)6-13-3/h7H,4-6,11H2,1-3H3. The van der Waals surface area contributed by atoms with Gasteiger partial charge in [-0.05, 0) is 19.6 Å². The van der Waals surface area contributed by atoms with E-state index < -0.39 is 0 Å². The fourth-order valence-corrected chi connectivity index (χ4v) is 3.13. The Labute approximate surface area is 94.3 Å². The molecule has 0 radical (unpaired) electrons. The highest BCUT2D eigenvalue weighted by Crippen LogP contribution is 2.26. The van der Waals surface area contributed by atoms with Crippen LogP contribution < -0.4 is 5.73 Å². The van der Waals surface area contributed by atoms with E-state index in [9.17, 15) is 0 Å². The Bertz CT molecular complexity index is 282. The average molecular weight is 230 g/mol. The van der Waals surface area contributed by atoms with Gasteiger partial charge in [0.2, 0.25) is 0 Å². The van der Waals surface area contributed by atoms with Crippen LogP contribution in [0.3, 0.4) is 0 Å². The van der Waals surface area contributed by atoms with E-state index in [0.717, 1.165) is 18.6 Å². The number of aromatic nitrogens is 1. The number of hydrogen-bond donors (Lipinski definition) is 1. The number of nitrogens with two attached hydrogens (primary N) is 1. The third-order valence-corrected chi connectivity index (χ3v) is 3.98. The first-order valence-corrected chi connectivity index (χ1v) is 7.13. The molecule has 1 aromatic heterocycles. The van der Waals surface area contributed by atoms with Gasteiger partial charge in [0.15, 0.2) is 0 Å². The summed E-state index contributed by atoms with van der Waals surface area (Å²) in [5.41, 5.74) is 7.14. The van der Waals surface area contributed by atoms with Crippen LogP contribution in [0, 0.1) is 0 Å². The molecule has 1 atom stereocenters. The number of rotatable bonds is 5. The topological polar surface area (TPSA) is 38.9 Å². The van der Waals surface area contributed by atoms with Crippen LogP contribution in [0.4, 0.5) is 0 Å². The normalized spacial score (nSPS) is 13.1. The van der Waals surface area contributed by atoms with Crippen LogP contribution in [0.25, 0.3) is 0 Å². The zero-order valence-corrected chi connectivity index (χ0v) is 10.7. The average Bonchev–Trinajstić information content (AvgIpc) is 2.49. The summed E-state index contributed by atoms with van der Waals surface area (Å²) >= 11 is 3.59. The highest BCUT2D eigenvalue weighted by atomic mass is 32.2. The van der Waals surface area contributed by atoms with E-state index in [1.165, 1.54) is 15.6 Å². The van der Waals surface area contributed by atoms with Crippen molar-refractivity contribution in [2.45, 2.75) is 38.5 Å². The fraction of sp³-hybridized carbons (Fsp3) is 0.700. The number of nitrogens with zero attached hydrogens (tertiary/aromatic N) is 1. The van der Waals surface area contributed by atoms with Crippen molar-refractivity contribution >= 4 is 23.1 Å². The lowest BCUT2D eigenvalue weighted by atomic mass is 10.2. The SMILES string of the molecule is CCCc1nc(CSC)sc1C(C)N. The van der Waals surface area contributed by atoms with E-state index in [1.807, 2.05) is 18.7 Å². The lowest BCUT2D eigenvalue weighted by molar-refractivity contribution is 0.791. The molecule has 1 heterocycles. The van der Waals surface area contributed by atoms with Crippen molar-refractivity contribution in [1.29, 1.82) is 0 Å². The third kappa shape index (κ3) is 2.97. The smallest absolute Gasteiger partial charge is 0.103 e. The van der Waals surface area contributed by atoms with E-state index in [0.29, 0.717) is 0 Å². The quantitative estimate of drug-likeness (QED) is 0.845. The molecule has 1 aromatic rings. The molecule has 0 aliphatic heterocycles. The molecule has 0 amide bonds. The molecular weight excluding hydrogens is 212 g/mol. The third-order valence-electron chi connectivity index (χ3n) is 1.94. The summed E-state index contributed by atoms with van der Waals surface area (Å²) in [4.78, 5) is 5.90. The van der Waals surface area contributed by atoms with Gasteiger partial charge in [-0.15, -0.1) is 11.3 Å². The van der Waals surface area contributed by atoms with Crippen LogP contribution >= 0.6 is 23.1 Å². The zero-order valence-electron chi connectivity index (χ0n) is 9.04. The first-order chi connectivity index (χ1) is 6.69. The molecule has 2 nitrogen and oxygen atoms in total. The van der Waals surface area contributed by atoms with Gasteiger partial charge in [-0.2, -0.15) is 11.8 Å². The molecule has 0 fully saturated rings.